The molecule has 0 aromatic heterocycles. The number of carbonyl (C=O) groups excluding carboxylic acids is 2. The van der Waals surface area contributed by atoms with Crippen LogP contribution in [0.4, 0.5) is 4.39 Å². The highest BCUT2D eigenvalue weighted by Crippen LogP contribution is 2.40. The summed E-state index contributed by atoms with van der Waals surface area (Å²) in [5, 5.41) is 11.1. The van der Waals surface area contributed by atoms with Crippen molar-refractivity contribution in [1.29, 1.82) is 0 Å². The van der Waals surface area contributed by atoms with Gasteiger partial charge in [0.1, 0.15) is 17.3 Å². The number of hydrogen-bond acceptors (Lipinski definition) is 4. The molecule has 4 rings (SSSR count). The first-order valence-corrected chi connectivity index (χ1v) is 9.72. The van der Waals surface area contributed by atoms with Gasteiger partial charge in [-0.05, 0) is 35.4 Å². The van der Waals surface area contributed by atoms with Gasteiger partial charge in [-0.15, -0.1) is 0 Å². The fourth-order valence-electron chi connectivity index (χ4n) is 3.74. The van der Waals surface area contributed by atoms with E-state index >= 15 is 0 Å². The maximum absolute atomic E-state index is 13.3. The minimum atomic E-state index is -0.780. The van der Waals surface area contributed by atoms with Gasteiger partial charge in [0.25, 0.3) is 11.7 Å². The first-order chi connectivity index (χ1) is 15.0. The van der Waals surface area contributed by atoms with Crippen molar-refractivity contribution in [2.75, 3.05) is 7.11 Å². The minimum Gasteiger partial charge on any atom is -0.507 e. The van der Waals surface area contributed by atoms with Crippen molar-refractivity contribution in [2.45, 2.75) is 12.6 Å². The number of carbonyl (C=O) groups is 2. The van der Waals surface area contributed by atoms with E-state index in [0.717, 1.165) is 0 Å². The number of aliphatic hydroxyl groups excluding tert-OH is 1. The second-order valence-corrected chi connectivity index (χ2v) is 7.20. The van der Waals surface area contributed by atoms with E-state index < -0.39 is 17.7 Å². The molecule has 1 unspecified atom stereocenters. The van der Waals surface area contributed by atoms with E-state index in [1.54, 1.807) is 60.7 Å². The molecule has 1 heterocycles. The number of nitrogens with zero attached hydrogens (tertiary/aromatic N) is 1. The van der Waals surface area contributed by atoms with Crippen LogP contribution in [0.1, 0.15) is 22.7 Å². The van der Waals surface area contributed by atoms with Gasteiger partial charge in [-0.3, -0.25) is 9.59 Å². The number of benzene rings is 3. The molecule has 0 radical (unpaired) electrons. The zero-order valence-corrected chi connectivity index (χ0v) is 16.8. The predicted octanol–water partition coefficient (Wildman–Crippen LogP) is 4.46. The Morgan fingerprint density at radius 1 is 1.00 bits per heavy atom. The first kappa shape index (κ1) is 20.3. The molecule has 1 N–H and O–H groups in total. The SMILES string of the molecule is COc1cccc(/C(O)=C2/C(=O)C(=O)N(Cc3ccc(F)cc3)C2c2ccccc2)c1. The van der Waals surface area contributed by atoms with Crippen molar-refractivity contribution in [3.8, 4) is 5.75 Å². The van der Waals surface area contributed by atoms with E-state index in [4.69, 9.17) is 4.74 Å². The predicted molar refractivity (Wildman–Crippen MR) is 114 cm³/mol. The minimum absolute atomic E-state index is 0.00608. The van der Waals surface area contributed by atoms with Gasteiger partial charge < -0.3 is 14.7 Å². The Hall–Kier alpha value is -3.93. The number of amides is 1. The third-order valence-electron chi connectivity index (χ3n) is 5.26. The number of hydrogen-bond donors (Lipinski definition) is 1. The summed E-state index contributed by atoms with van der Waals surface area (Å²) in [6.45, 7) is 0.0965. The second kappa shape index (κ2) is 8.44. The van der Waals surface area contributed by atoms with E-state index in [-0.39, 0.29) is 23.7 Å². The average molecular weight is 417 g/mol. The number of Topliss-reactive ketones (excluding diaryl/α,β-unsaturated/α-hetero) is 1. The van der Waals surface area contributed by atoms with Gasteiger partial charge in [-0.2, -0.15) is 0 Å². The molecule has 6 heteroatoms. The Morgan fingerprint density at radius 2 is 1.71 bits per heavy atom. The Balaban J connectivity index is 1.84. The van der Waals surface area contributed by atoms with Crippen molar-refractivity contribution >= 4 is 17.4 Å². The van der Waals surface area contributed by atoms with Crippen molar-refractivity contribution in [1.82, 2.24) is 4.90 Å². The zero-order chi connectivity index (χ0) is 22.0. The summed E-state index contributed by atoms with van der Waals surface area (Å²) in [7, 11) is 1.50. The molecule has 3 aromatic carbocycles. The molecule has 5 nitrogen and oxygen atoms in total. The molecule has 1 saturated heterocycles. The lowest BCUT2D eigenvalue weighted by Crippen LogP contribution is -2.29. The van der Waals surface area contributed by atoms with Crippen molar-refractivity contribution in [2.24, 2.45) is 0 Å². The number of ketones is 1. The monoisotopic (exact) mass is 417 g/mol. The summed E-state index contributed by atoms with van der Waals surface area (Å²) >= 11 is 0. The molecule has 1 amide bonds. The highest BCUT2D eigenvalue weighted by atomic mass is 19.1. The summed E-state index contributed by atoms with van der Waals surface area (Å²) < 4.78 is 18.5. The van der Waals surface area contributed by atoms with Gasteiger partial charge in [-0.1, -0.05) is 54.6 Å². The standard InChI is InChI=1S/C25H20FNO4/c1-31-20-9-5-8-18(14-20)23(28)21-22(17-6-3-2-4-7-17)27(25(30)24(21)29)15-16-10-12-19(26)13-11-16/h2-14,22,28H,15H2,1H3/b23-21-. The molecule has 0 bridgehead atoms. The van der Waals surface area contributed by atoms with Crippen molar-refractivity contribution in [3.05, 3.63) is 107 Å². The number of ether oxygens (including phenoxy) is 1. The van der Waals surface area contributed by atoms with Gasteiger partial charge in [0.15, 0.2) is 0 Å². The van der Waals surface area contributed by atoms with Gasteiger partial charge in [0.2, 0.25) is 0 Å². The molecule has 1 aliphatic rings. The summed E-state index contributed by atoms with van der Waals surface area (Å²) in [6, 6.07) is 20.7. The molecule has 0 spiro atoms. The molecule has 3 aromatic rings. The van der Waals surface area contributed by atoms with E-state index in [1.165, 1.54) is 24.1 Å². The van der Waals surface area contributed by atoms with Gasteiger partial charge in [0, 0.05) is 12.1 Å². The van der Waals surface area contributed by atoms with Crippen LogP contribution in [0.3, 0.4) is 0 Å². The zero-order valence-electron chi connectivity index (χ0n) is 16.8. The number of aliphatic hydroxyl groups is 1. The Labute approximate surface area is 179 Å². The van der Waals surface area contributed by atoms with Crippen LogP contribution in [0.5, 0.6) is 5.75 Å². The molecular formula is C25H20FNO4. The number of methoxy groups -OCH3 is 1. The van der Waals surface area contributed by atoms with Gasteiger partial charge >= 0.3 is 0 Å². The maximum Gasteiger partial charge on any atom is 0.295 e. The summed E-state index contributed by atoms with van der Waals surface area (Å²) in [4.78, 5) is 27.4. The molecular weight excluding hydrogens is 397 g/mol. The largest absolute Gasteiger partial charge is 0.507 e. The van der Waals surface area contributed by atoms with Crippen LogP contribution in [-0.4, -0.2) is 28.8 Å². The lowest BCUT2D eigenvalue weighted by molar-refractivity contribution is -0.140. The fourth-order valence-corrected chi connectivity index (χ4v) is 3.74. The van der Waals surface area contributed by atoms with Crippen LogP contribution in [0.25, 0.3) is 5.76 Å². The van der Waals surface area contributed by atoms with E-state index in [1.807, 2.05) is 6.07 Å². The normalized spacial score (nSPS) is 17.7. The van der Waals surface area contributed by atoms with E-state index in [9.17, 15) is 19.1 Å². The van der Waals surface area contributed by atoms with Gasteiger partial charge in [-0.25, -0.2) is 4.39 Å². The highest BCUT2D eigenvalue weighted by molar-refractivity contribution is 6.46. The quantitative estimate of drug-likeness (QED) is 0.378. The number of rotatable bonds is 5. The van der Waals surface area contributed by atoms with Crippen LogP contribution < -0.4 is 4.74 Å². The van der Waals surface area contributed by atoms with Crippen LogP contribution in [0.2, 0.25) is 0 Å². The van der Waals surface area contributed by atoms with Crippen LogP contribution in [-0.2, 0) is 16.1 Å². The Morgan fingerprint density at radius 3 is 2.39 bits per heavy atom. The maximum atomic E-state index is 13.3. The lowest BCUT2D eigenvalue weighted by atomic mass is 9.95. The molecule has 0 saturated carbocycles. The summed E-state index contributed by atoms with van der Waals surface area (Å²) in [5.74, 6) is -1.63. The molecule has 1 atom stereocenters. The number of likely N-dealkylation sites (tertiary alicyclic amines) is 1. The van der Waals surface area contributed by atoms with Crippen LogP contribution >= 0.6 is 0 Å². The molecule has 156 valence electrons. The van der Waals surface area contributed by atoms with Gasteiger partial charge in [0.05, 0.1) is 18.7 Å². The highest BCUT2D eigenvalue weighted by Gasteiger charge is 2.46. The Kier molecular flexibility index (Phi) is 5.54. The van der Waals surface area contributed by atoms with E-state index in [2.05, 4.69) is 0 Å². The lowest BCUT2D eigenvalue weighted by Gasteiger charge is -2.25. The second-order valence-electron chi connectivity index (χ2n) is 7.20. The summed E-state index contributed by atoms with van der Waals surface area (Å²) in [5.41, 5.74) is 1.74. The van der Waals surface area contributed by atoms with E-state index in [0.29, 0.717) is 22.4 Å². The third-order valence-corrected chi connectivity index (χ3v) is 5.26. The molecule has 31 heavy (non-hydrogen) atoms. The smallest absolute Gasteiger partial charge is 0.295 e. The van der Waals surface area contributed by atoms with Crippen LogP contribution in [0.15, 0.2) is 84.4 Å². The average Bonchev–Trinajstić information content (AvgIpc) is 3.05. The summed E-state index contributed by atoms with van der Waals surface area (Å²) in [6.07, 6.45) is 0. The Bertz CT molecular complexity index is 1160. The fraction of sp³-hybridized carbons (Fsp3) is 0.120. The molecule has 1 aliphatic heterocycles. The third kappa shape index (κ3) is 3.92. The number of halogens is 1. The molecule has 1 fully saturated rings. The topological polar surface area (TPSA) is 66.8 Å². The van der Waals surface area contributed by atoms with Crippen LogP contribution in [0, 0.1) is 5.82 Å². The van der Waals surface area contributed by atoms with Crippen molar-refractivity contribution < 1.29 is 23.8 Å². The molecule has 0 aliphatic carbocycles. The first-order valence-electron chi connectivity index (χ1n) is 9.72. The van der Waals surface area contributed by atoms with Crippen molar-refractivity contribution in [3.63, 3.8) is 0 Å².